The third-order valence-corrected chi connectivity index (χ3v) is 5.98. The lowest BCUT2D eigenvalue weighted by atomic mass is 10.1. The molecule has 1 aliphatic rings. The van der Waals surface area contributed by atoms with Crippen molar-refractivity contribution >= 4 is 34.5 Å². The fourth-order valence-electron chi connectivity index (χ4n) is 2.77. The molecule has 10 heteroatoms. The fraction of sp³-hybridized carbons (Fsp3) is 0.591. The zero-order valence-corrected chi connectivity index (χ0v) is 19.7. The first kappa shape index (κ1) is 26.1. The molecule has 0 bridgehead atoms. The Labute approximate surface area is 193 Å². The third-order valence-electron chi connectivity index (χ3n) is 4.78. The van der Waals surface area contributed by atoms with E-state index < -0.39 is 5.97 Å². The number of aryl methyl sites for hydroxylation is 1. The Morgan fingerprint density at radius 1 is 1.06 bits per heavy atom. The van der Waals surface area contributed by atoms with E-state index in [4.69, 9.17) is 19.3 Å². The number of ether oxygens (including phenoxy) is 3. The number of carboxylic acids is 1. The van der Waals surface area contributed by atoms with Gasteiger partial charge in [0, 0.05) is 23.0 Å². The highest BCUT2D eigenvalue weighted by molar-refractivity contribution is 8.14. The number of carbonyl (C=O) groups excluding carboxylic acids is 1. The van der Waals surface area contributed by atoms with Gasteiger partial charge in [0.05, 0.1) is 52.1 Å². The quantitative estimate of drug-likeness (QED) is 0.357. The number of aliphatic imine (C=N–C) groups is 1. The SMILES string of the molecule is Cc1ccc(NCCOCCOCCOCCC(=O)O)cc1C(=O)NC1=NC(C)C(C)S1. The summed E-state index contributed by atoms with van der Waals surface area (Å²) in [5.74, 6) is -1.03. The lowest BCUT2D eigenvalue weighted by molar-refractivity contribution is -0.138. The molecular weight excluding hydrogens is 434 g/mol. The predicted molar refractivity (Wildman–Crippen MR) is 126 cm³/mol. The summed E-state index contributed by atoms with van der Waals surface area (Å²) in [5, 5.41) is 15.7. The number of rotatable bonds is 14. The Kier molecular flexibility index (Phi) is 11.5. The van der Waals surface area contributed by atoms with Crippen molar-refractivity contribution < 1.29 is 28.9 Å². The van der Waals surface area contributed by atoms with Crippen LogP contribution in [0.15, 0.2) is 23.2 Å². The van der Waals surface area contributed by atoms with Gasteiger partial charge in [-0.25, -0.2) is 0 Å². The van der Waals surface area contributed by atoms with E-state index in [0.717, 1.165) is 11.3 Å². The Morgan fingerprint density at radius 3 is 2.34 bits per heavy atom. The maximum absolute atomic E-state index is 12.7. The van der Waals surface area contributed by atoms with Crippen molar-refractivity contribution in [2.45, 2.75) is 38.5 Å². The molecule has 1 aliphatic heterocycles. The monoisotopic (exact) mass is 467 g/mol. The van der Waals surface area contributed by atoms with Crippen LogP contribution in [0.2, 0.25) is 0 Å². The van der Waals surface area contributed by atoms with Crippen LogP contribution in [0.25, 0.3) is 0 Å². The van der Waals surface area contributed by atoms with Crippen LogP contribution in [-0.4, -0.2) is 79.6 Å². The maximum atomic E-state index is 12.7. The Balaban J connectivity index is 1.60. The molecule has 3 N–H and O–H groups in total. The van der Waals surface area contributed by atoms with Crippen LogP contribution in [-0.2, 0) is 19.0 Å². The molecule has 1 heterocycles. The Morgan fingerprint density at radius 2 is 1.72 bits per heavy atom. The molecule has 0 saturated carbocycles. The van der Waals surface area contributed by atoms with Crippen molar-refractivity contribution in [3.8, 4) is 0 Å². The summed E-state index contributed by atoms with van der Waals surface area (Å²) in [6, 6.07) is 5.89. The second kappa shape index (κ2) is 14.1. The van der Waals surface area contributed by atoms with E-state index in [-0.39, 0.29) is 25.0 Å². The molecule has 0 aliphatic carbocycles. The van der Waals surface area contributed by atoms with Gasteiger partial charge in [0.2, 0.25) is 0 Å². The van der Waals surface area contributed by atoms with E-state index in [1.807, 2.05) is 32.0 Å². The van der Waals surface area contributed by atoms with Crippen LogP contribution < -0.4 is 10.6 Å². The molecule has 178 valence electrons. The minimum absolute atomic E-state index is 0.00379. The summed E-state index contributed by atoms with van der Waals surface area (Å²) in [6.07, 6.45) is -0.00379. The number of amidine groups is 1. The highest BCUT2D eigenvalue weighted by Crippen LogP contribution is 2.25. The minimum Gasteiger partial charge on any atom is -0.481 e. The van der Waals surface area contributed by atoms with Gasteiger partial charge in [0.1, 0.15) is 0 Å². The number of hydrogen-bond acceptors (Lipinski definition) is 8. The number of nitrogens with zero attached hydrogens (tertiary/aromatic N) is 1. The van der Waals surface area contributed by atoms with E-state index in [2.05, 4.69) is 22.5 Å². The normalized spacial score (nSPS) is 17.8. The van der Waals surface area contributed by atoms with E-state index >= 15 is 0 Å². The predicted octanol–water partition coefficient (Wildman–Crippen LogP) is 2.54. The van der Waals surface area contributed by atoms with Crippen molar-refractivity contribution in [3.63, 3.8) is 0 Å². The molecule has 1 aromatic rings. The molecule has 32 heavy (non-hydrogen) atoms. The molecule has 0 spiro atoms. The van der Waals surface area contributed by atoms with Crippen LogP contribution in [0.4, 0.5) is 5.69 Å². The number of benzene rings is 1. The number of nitrogens with one attached hydrogen (secondary N) is 2. The number of aliphatic carboxylic acids is 1. The van der Waals surface area contributed by atoms with Crippen LogP contribution in [0.5, 0.6) is 0 Å². The molecule has 2 unspecified atom stereocenters. The van der Waals surface area contributed by atoms with Crippen LogP contribution in [0.3, 0.4) is 0 Å². The number of anilines is 1. The standard InChI is InChI=1S/C22H33N3O6S/c1-15-4-5-18(14-19(15)21(28)25-22-24-16(2)17(3)32-22)23-7-9-30-11-13-31-12-10-29-8-6-20(26)27/h4-5,14,16-17,23H,6-13H2,1-3H3,(H,26,27)(H,24,25,28). The molecular formula is C22H33N3O6S. The summed E-state index contributed by atoms with van der Waals surface area (Å²) in [4.78, 5) is 27.5. The Bertz CT molecular complexity index is 789. The van der Waals surface area contributed by atoms with E-state index in [0.29, 0.717) is 55.6 Å². The second-order valence-corrected chi connectivity index (χ2v) is 8.76. The molecule has 0 saturated heterocycles. The maximum Gasteiger partial charge on any atom is 0.305 e. The summed E-state index contributed by atoms with van der Waals surface area (Å²) in [7, 11) is 0. The summed E-state index contributed by atoms with van der Waals surface area (Å²) < 4.78 is 16.0. The van der Waals surface area contributed by atoms with E-state index in [1.54, 1.807) is 11.8 Å². The molecule has 1 aromatic carbocycles. The zero-order chi connectivity index (χ0) is 23.3. The van der Waals surface area contributed by atoms with Crippen molar-refractivity contribution in [3.05, 3.63) is 29.3 Å². The molecule has 2 atom stereocenters. The van der Waals surface area contributed by atoms with Gasteiger partial charge in [-0.1, -0.05) is 24.8 Å². The average Bonchev–Trinajstić information content (AvgIpc) is 3.06. The van der Waals surface area contributed by atoms with Crippen molar-refractivity contribution in [2.75, 3.05) is 51.5 Å². The van der Waals surface area contributed by atoms with Gasteiger partial charge in [-0.3, -0.25) is 14.6 Å². The van der Waals surface area contributed by atoms with Gasteiger partial charge >= 0.3 is 5.97 Å². The van der Waals surface area contributed by atoms with Crippen LogP contribution in [0.1, 0.15) is 36.2 Å². The smallest absolute Gasteiger partial charge is 0.305 e. The van der Waals surface area contributed by atoms with Crippen LogP contribution in [0, 0.1) is 6.92 Å². The molecule has 2 rings (SSSR count). The lowest BCUT2D eigenvalue weighted by Crippen LogP contribution is -2.28. The second-order valence-electron chi connectivity index (χ2n) is 7.39. The first-order chi connectivity index (χ1) is 15.4. The zero-order valence-electron chi connectivity index (χ0n) is 18.9. The number of carboxylic acid groups (broad SMARTS) is 1. The minimum atomic E-state index is -0.875. The van der Waals surface area contributed by atoms with E-state index in [1.165, 1.54) is 0 Å². The molecule has 0 radical (unpaired) electrons. The average molecular weight is 468 g/mol. The summed E-state index contributed by atoms with van der Waals surface area (Å²) in [6.45, 7) is 8.99. The number of carbonyl (C=O) groups is 2. The van der Waals surface area contributed by atoms with E-state index in [9.17, 15) is 9.59 Å². The Hall–Kier alpha value is -2.14. The molecule has 0 fully saturated rings. The first-order valence-electron chi connectivity index (χ1n) is 10.7. The first-order valence-corrected chi connectivity index (χ1v) is 11.6. The number of amides is 1. The summed E-state index contributed by atoms with van der Waals surface area (Å²) >= 11 is 1.58. The topological polar surface area (TPSA) is 118 Å². The lowest BCUT2D eigenvalue weighted by Gasteiger charge is -2.12. The number of thioether (sulfide) groups is 1. The van der Waals surface area contributed by atoms with Gasteiger partial charge in [0.15, 0.2) is 5.17 Å². The van der Waals surface area contributed by atoms with Crippen molar-refractivity contribution in [1.29, 1.82) is 0 Å². The number of hydrogen-bond donors (Lipinski definition) is 3. The summed E-state index contributed by atoms with van der Waals surface area (Å²) in [5.41, 5.74) is 2.37. The fourth-order valence-corrected chi connectivity index (χ4v) is 3.76. The van der Waals surface area contributed by atoms with Gasteiger partial charge in [-0.05, 0) is 31.5 Å². The van der Waals surface area contributed by atoms with Crippen molar-refractivity contribution in [1.82, 2.24) is 5.32 Å². The van der Waals surface area contributed by atoms with Crippen molar-refractivity contribution in [2.24, 2.45) is 4.99 Å². The highest BCUT2D eigenvalue weighted by atomic mass is 32.2. The van der Waals surface area contributed by atoms with Gasteiger partial charge < -0.3 is 30.0 Å². The van der Waals surface area contributed by atoms with Gasteiger partial charge in [-0.2, -0.15) is 0 Å². The highest BCUT2D eigenvalue weighted by Gasteiger charge is 2.24. The van der Waals surface area contributed by atoms with Crippen LogP contribution >= 0.6 is 11.8 Å². The third kappa shape index (κ3) is 9.56. The molecule has 9 nitrogen and oxygen atoms in total. The van der Waals surface area contributed by atoms with Gasteiger partial charge in [-0.15, -0.1) is 0 Å². The molecule has 1 amide bonds. The largest absolute Gasteiger partial charge is 0.481 e. The van der Waals surface area contributed by atoms with Gasteiger partial charge in [0.25, 0.3) is 5.91 Å². The molecule has 0 aromatic heterocycles.